The highest BCUT2D eigenvalue weighted by Crippen LogP contribution is 2.12. The molecule has 68 valence electrons. The molecule has 0 atom stereocenters. The van der Waals surface area contributed by atoms with Gasteiger partial charge in [-0.3, -0.25) is 4.79 Å². The van der Waals surface area contributed by atoms with E-state index < -0.39 is 0 Å². The van der Waals surface area contributed by atoms with E-state index in [9.17, 15) is 4.79 Å². The predicted molar refractivity (Wildman–Crippen MR) is 57.0 cm³/mol. The van der Waals surface area contributed by atoms with Crippen molar-refractivity contribution in [2.24, 2.45) is 0 Å². The van der Waals surface area contributed by atoms with Gasteiger partial charge in [0.1, 0.15) is 0 Å². The summed E-state index contributed by atoms with van der Waals surface area (Å²) in [6.07, 6.45) is 1.59. The quantitative estimate of drug-likeness (QED) is 0.777. The Balaban J connectivity index is 2.93. The van der Waals surface area contributed by atoms with E-state index in [1.165, 1.54) is 0 Å². The molecular weight excluding hydrogens is 244 g/mol. The zero-order valence-corrected chi connectivity index (χ0v) is 8.63. The number of aromatic amines is 1. The van der Waals surface area contributed by atoms with Crippen LogP contribution < -0.4 is 5.43 Å². The maximum Gasteiger partial charge on any atom is 0.203 e. The van der Waals surface area contributed by atoms with Crippen molar-refractivity contribution in [1.29, 1.82) is 5.26 Å². The minimum absolute atomic E-state index is 0.101. The lowest BCUT2D eigenvalue weighted by Crippen LogP contribution is -2.03. The molecule has 4 heteroatoms. The number of hydrogen-bond acceptors (Lipinski definition) is 2. The molecule has 1 aromatic carbocycles. The smallest absolute Gasteiger partial charge is 0.203 e. The van der Waals surface area contributed by atoms with Crippen molar-refractivity contribution in [3.8, 4) is 6.07 Å². The van der Waals surface area contributed by atoms with Gasteiger partial charge in [0.25, 0.3) is 0 Å². The molecule has 0 aliphatic rings. The van der Waals surface area contributed by atoms with Crippen LogP contribution >= 0.6 is 15.9 Å². The summed E-state index contributed by atoms with van der Waals surface area (Å²) in [6, 6.07) is 6.98. The van der Waals surface area contributed by atoms with Crippen LogP contribution in [0.25, 0.3) is 10.9 Å². The lowest BCUT2D eigenvalue weighted by atomic mass is 10.1. The first-order valence-electron chi connectivity index (χ1n) is 3.93. The van der Waals surface area contributed by atoms with Gasteiger partial charge in [0.15, 0.2) is 0 Å². The molecule has 0 aliphatic carbocycles. The maximum absolute atomic E-state index is 11.6. The third-order valence-electron chi connectivity index (χ3n) is 1.96. The van der Waals surface area contributed by atoms with Crippen LogP contribution in [0.2, 0.25) is 0 Å². The zero-order valence-electron chi connectivity index (χ0n) is 7.04. The fourth-order valence-electron chi connectivity index (χ4n) is 1.26. The monoisotopic (exact) mass is 248 g/mol. The van der Waals surface area contributed by atoms with Crippen LogP contribution in [-0.4, -0.2) is 4.98 Å². The van der Waals surface area contributed by atoms with Crippen LogP contribution in [0.15, 0.2) is 33.7 Å². The summed E-state index contributed by atoms with van der Waals surface area (Å²) < 4.78 is 0.472. The van der Waals surface area contributed by atoms with E-state index in [1.807, 2.05) is 6.07 Å². The van der Waals surface area contributed by atoms with Crippen molar-refractivity contribution < 1.29 is 0 Å². The van der Waals surface area contributed by atoms with Gasteiger partial charge in [0.2, 0.25) is 5.43 Å². The van der Waals surface area contributed by atoms with Crippen LogP contribution in [0.4, 0.5) is 0 Å². The van der Waals surface area contributed by atoms with Gasteiger partial charge in [-0.15, -0.1) is 0 Å². The van der Waals surface area contributed by atoms with E-state index in [0.717, 1.165) is 5.52 Å². The Morgan fingerprint density at radius 1 is 1.43 bits per heavy atom. The zero-order chi connectivity index (χ0) is 10.1. The second-order valence-corrected chi connectivity index (χ2v) is 3.69. The number of H-pyrrole nitrogens is 1. The molecule has 0 saturated heterocycles. The van der Waals surface area contributed by atoms with Crippen LogP contribution in [0.3, 0.4) is 0 Å². The summed E-state index contributed by atoms with van der Waals surface area (Å²) in [5.74, 6) is 0. The predicted octanol–water partition coefficient (Wildman–Crippen LogP) is 2.16. The number of halogens is 1. The molecule has 0 bridgehead atoms. The van der Waals surface area contributed by atoms with Gasteiger partial charge in [-0.1, -0.05) is 0 Å². The summed E-state index contributed by atoms with van der Waals surface area (Å²) in [7, 11) is 0. The number of nitrogens with zero attached hydrogens (tertiary/aromatic N) is 1. The summed E-state index contributed by atoms with van der Waals surface area (Å²) in [4.78, 5) is 14.6. The molecule has 2 aromatic rings. The lowest BCUT2D eigenvalue weighted by molar-refractivity contribution is 1.36. The van der Waals surface area contributed by atoms with E-state index in [2.05, 4.69) is 20.9 Å². The van der Waals surface area contributed by atoms with Crippen molar-refractivity contribution in [2.75, 3.05) is 0 Å². The largest absolute Gasteiger partial charge is 0.360 e. The van der Waals surface area contributed by atoms with Gasteiger partial charge in [-0.2, -0.15) is 5.26 Å². The molecule has 0 radical (unpaired) electrons. The molecule has 1 aromatic heterocycles. The fraction of sp³-hybridized carbons (Fsp3) is 0. The standard InChI is InChI=1S/C10H5BrN2O/c11-8-5-13-9-2-1-6(4-12)3-7(9)10(8)14/h1-3,5H,(H,13,14). The molecule has 1 heterocycles. The number of nitrogens with one attached hydrogen (secondary N) is 1. The molecule has 0 spiro atoms. The molecule has 0 aliphatic heterocycles. The van der Waals surface area contributed by atoms with Crippen LogP contribution in [0.5, 0.6) is 0 Å². The first-order valence-corrected chi connectivity index (χ1v) is 4.73. The summed E-state index contributed by atoms with van der Waals surface area (Å²) in [5, 5.41) is 9.21. The molecule has 1 N–H and O–H groups in total. The molecular formula is C10H5BrN2O. The molecule has 0 saturated carbocycles. The minimum atomic E-state index is -0.101. The second-order valence-electron chi connectivity index (χ2n) is 2.84. The average Bonchev–Trinajstić information content (AvgIpc) is 2.23. The Kier molecular flexibility index (Phi) is 2.10. The van der Waals surface area contributed by atoms with Gasteiger partial charge in [-0.25, -0.2) is 0 Å². The Labute approximate surface area is 88.1 Å². The Morgan fingerprint density at radius 3 is 2.93 bits per heavy atom. The summed E-state index contributed by atoms with van der Waals surface area (Å²) >= 11 is 3.14. The molecule has 2 rings (SSSR count). The number of benzene rings is 1. The van der Waals surface area contributed by atoms with Crippen molar-refractivity contribution in [3.63, 3.8) is 0 Å². The van der Waals surface area contributed by atoms with Gasteiger partial charge < -0.3 is 4.98 Å². The van der Waals surface area contributed by atoms with Crippen LogP contribution in [0.1, 0.15) is 5.56 Å². The molecule has 0 fully saturated rings. The molecule has 3 nitrogen and oxygen atoms in total. The van der Waals surface area contributed by atoms with E-state index >= 15 is 0 Å². The van der Waals surface area contributed by atoms with E-state index in [-0.39, 0.29) is 5.43 Å². The average molecular weight is 249 g/mol. The number of aromatic nitrogens is 1. The lowest BCUT2D eigenvalue weighted by Gasteiger charge is -1.98. The van der Waals surface area contributed by atoms with Crippen molar-refractivity contribution in [3.05, 3.63) is 44.7 Å². The van der Waals surface area contributed by atoms with Crippen molar-refractivity contribution in [2.45, 2.75) is 0 Å². The highest BCUT2D eigenvalue weighted by molar-refractivity contribution is 9.10. The maximum atomic E-state index is 11.6. The highest BCUT2D eigenvalue weighted by atomic mass is 79.9. The van der Waals surface area contributed by atoms with Crippen LogP contribution in [0, 0.1) is 11.3 Å². The Morgan fingerprint density at radius 2 is 2.21 bits per heavy atom. The fourth-order valence-corrected chi connectivity index (χ4v) is 1.59. The molecule has 14 heavy (non-hydrogen) atoms. The van der Waals surface area contributed by atoms with Gasteiger partial charge >= 0.3 is 0 Å². The second kappa shape index (κ2) is 3.28. The third-order valence-corrected chi connectivity index (χ3v) is 2.55. The number of rotatable bonds is 0. The van der Waals surface area contributed by atoms with E-state index in [0.29, 0.717) is 15.4 Å². The minimum Gasteiger partial charge on any atom is -0.360 e. The summed E-state index contributed by atoms with van der Waals surface area (Å²) in [5.41, 5.74) is 1.12. The van der Waals surface area contributed by atoms with E-state index in [1.54, 1.807) is 24.4 Å². The molecule has 0 amide bonds. The number of nitriles is 1. The molecule has 0 unspecified atom stereocenters. The number of pyridine rings is 1. The van der Waals surface area contributed by atoms with Crippen molar-refractivity contribution in [1.82, 2.24) is 4.98 Å². The highest BCUT2D eigenvalue weighted by Gasteiger charge is 2.02. The van der Waals surface area contributed by atoms with Gasteiger partial charge in [-0.05, 0) is 34.1 Å². The Hall–Kier alpha value is -1.60. The summed E-state index contributed by atoms with van der Waals surface area (Å²) in [6.45, 7) is 0. The normalized spacial score (nSPS) is 10.0. The SMILES string of the molecule is N#Cc1ccc2[nH]cc(Br)c(=O)c2c1. The van der Waals surface area contributed by atoms with E-state index in [4.69, 9.17) is 5.26 Å². The van der Waals surface area contributed by atoms with Crippen LogP contribution in [-0.2, 0) is 0 Å². The first-order chi connectivity index (χ1) is 6.72. The Bertz CT molecular complexity index is 595. The van der Waals surface area contributed by atoms with Crippen molar-refractivity contribution >= 4 is 26.8 Å². The number of hydrogen-bond donors (Lipinski definition) is 1. The first kappa shape index (κ1) is 8.97. The van der Waals surface area contributed by atoms with Gasteiger partial charge in [0, 0.05) is 17.1 Å². The topological polar surface area (TPSA) is 56.6 Å². The van der Waals surface area contributed by atoms with Gasteiger partial charge in [0.05, 0.1) is 16.1 Å². The number of fused-ring (bicyclic) bond motifs is 1. The third kappa shape index (κ3) is 1.32.